The zero-order valence-corrected chi connectivity index (χ0v) is 15.0. The summed E-state index contributed by atoms with van der Waals surface area (Å²) in [4.78, 5) is 26.1. The molecule has 0 spiro atoms. The van der Waals surface area contributed by atoms with Crippen LogP contribution in [0.2, 0.25) is 0 Å². The Morgan fingerprint density at radius 1 is 1.24 bits per heavy atom. The lowest BCUT2D eigenvalue weighted by Gasteiger charge is -2.28. The summed E-state index contributed by atoms with van der Waals surface area (Å²) < 4.78 is 10.3. The van der Waals surface area contributed by atoms with E-state index in [0.717, 1.165) is 21.8 Å². The average molecular weight is 356 g/mol. The minimum atomic E-state index is -0.763. The van der Waals surface area contributed by atoms with E-state index in [-0.39, 0.29) is 18.3 Å². The van der Waals surface area contributed by atoms with Crippen LogP contribution in [0.15, 0.2) is 47.9 Å². The largest absolute Gasteiger partial charge is 0.497 e. The molecule has 0 N–H and O–H groups in total. The minimum absolute atomic E-state index is 0.186. The molecule has 0 saturated carbocycles. The van der Waals surface area contributed by atoms with Crippen molar-refractivity contribution in [1.82, 2.24) is 0 Å². The first kappa shape index (κ1) is 17.4. The summed E-state index contributed by atoms with van der Waals surface area (Å²) in [6.45, 7) is 2.03. The maximum absolute atomic E-state index is 12.7. The van der Waals surface area contributed by atoms with Crippen molar-refractivity contribution in [3.8, 4) is 5.75 Å². The number of ketones is 1. The number of carbonyl (C=O) groups is 2. The fraction of sp³-hybridized carbons (Fsp3) is 0.300. The summed E-state index contributed by atoms with van der Waals surface area (Å²) in [7, 11) is 1.62. The molecule has 0 aliphatic heterocycles. The molecule has 3 rings (SSSR count). The van der Waals surface area contributed by atoms with Gasteiger partial charge in [-0.1, -0.05) is 18.2 Å². The first-order chi connectivity index (χ1) is 12.1. The first-order valence-corrected chi connectivity index (χ1v) is 9.11. The molecular formula is C20H20O4S. The monoisotopic (exact) mass is 356 g/mol. The molecule has 1 aliphatic carbocycles. The van der Waals surface area contributed by atoms with E-state index in [1.165, 1.54) is 0 Å². The molecule has 4 nitrogen and oxygen atoms in total. The second-order valence-electron chi connectivity index (χ2n) is 5.86. The van der Waals surface area contributed by atoms with Gasteiger partial charge in [-0.15, -0.1) is 11.3 Å². The molecule has 5 heteroatoms. The number of hydrogen-bond donors (Lipinski definition) is 0. The molecule has 130 valence electrons. The molecule has 0 saturated heterocycles. The van der Waals surface area contributed by atoms with Crippen LogP contribution < -0.4 is 4.74 Å². The highest BCUT2D eigenvalue weighted by molar-refractivity contribution is 7.10. The van der Waals surface area contributed by atoms with E-state index in [0.29, 0.717) is 6.42 Å². The van der Waals surface area contributed by atoms with Gasteiger partial charge in [0.05, 0.1) is 13.7 Å². The average Bonchev–Trinajstić information content (AvgIpc) is 3.16. The number of carbonyl (C=O) groups excluding carboxylic acids is 2. The summed E-state index contributed by atoms with van der Waals surface area (Å²) in [6, 6.07) is 11.5. The number of hydrogen-bond acceptors (Lipinski definition) is 5. The van der Waals surface area contributed by atoms with Gasteiger partial charge in [0.25, 0.3) is 0 Å². The topological polar surface area (TPSA) is 52.6 Å². The fourth-order valence-electron chi connectivity index (χ4n) is 3.16. The number of esters is 1. The van der Waals surface area contributed by atoms with Crippen molar-refractivity contribution in [2.24, 2.45) is 5.92 Å². The third-order valence-electron chi connectivity index (χ3n) is 4.38. The van der Waals surface area contributed by atoms with Crippen LogP contribution in [0.25, 0.3) is 5.57 Å². The van der Waals surface area contributed by atoms with Crippen LogP contribution in [0, 0.1) is 5.92 Å². The highest BCUT2D eigenvalue weighted by atomic mass is 32.1. The van der Waals surface area contributed by atoms with E-state index in [1.807, 2.05) is 41.8 Å². The number of allylic oxidation sites excluding steroid dienone is 2. The highest BCUT2D eigenvalue weighted by Gasteiger charge is 2.40. The Kier molecular flexibility index (Phi) is 5.34. The molecule has 0 amide bonds. The van der Waals surface area contributed by atoms with Crippen LogP contribution in [0.1, 0.15) is 29.7 Å². The fourth-order valence-corrected chi connectivity index (χ4v) is 4.02. The van der Waals surface area contributed by atoms with E-state index in [9.17, 15) is 9.59 Å². The Balaban J connectivity index is 1.96. The van der Waals surface area contributed by atoms with Gasteiger partial charge in [-0.25, -0.2) is 0 Å². The Morgan fingerprint density at radius 2 is 2.00 bits per heavy atom. The summed E-state index contributed by atoms with van der Waals surface area (Å²) in [6.07, 6.45) is 2.22. The number of methoxy groups -OCH3 is 1. The summed E-state index contributed by atoms with van der Waals surface area (Å²) in [5, 5.41) is 1.97. The lowest BCUT2D eigenvalue weighted by atomic mass is 9.76. The molecule has 0 radical (unpaired) electrons. The van der Waals surface area contributed by atoms with E-state index in [2.05, 4.69) is 0 Å². The van der Waals surface area contributed by atoms with Crippen molar-refractivity contribution in [3.05, 3.63) is 58.3 Å². The maximum atomic E-state index is 12.7. The molecule has 1 aromatic heterocycles. The van der Waals surface area contributed by atoms with E-state index in [4.69, 9.17) is 9.47 Å². The smallest absolute Gasteiger partial charge is 0.317 e. The molecule has 1 aliphatic rings. The predicted octanol–water partition coefficient (Wildman–Crippen LogP) is 4.08. The van der Waals surface area contributed by atoms with Crippen LogP contribution in [0.3, 0.4) is 0 Å². The van der Waals surface area contributed by atoms with E-state index < -0.39 is 11.9 Å². The first-order valence-electron chi connectivity index (χ1n) is 8.23. The van der Waals surface area contributed by atoms with Crippen LogP contribution >= 0.6 is 11.3 Å². The van der Waals surface area contributed by atoms with Crippen molar-refractivity contribution in [3.63, 3.8) is 0 Å². The molecular weight excluding hydrogens is 336 g/mol. The van der Waals surface area contributed by atoms with Crippen LogP contribution in [0.4, 0.5) is 0 Å². The maximum Gasteiger partial charge on any atom is 0.317 e. The lowest BCUT2D eigenvalue weighted by Crippen LogP contribution is -2.33. The normalized spacial score (nSPS) is 20.1. The highest BCUT2D eigenvalue weighted by Crippen LogP contribution is 2.42. The molecule has 1 heterocycles. The van der Waals surface area contributed by atoms with Crippen molar-refractivity contribution in [2.75, 3.05) is 13.7 Å². The summed E-state index contributed by atoms with van der Waals surface area (Å²) >= 11 is 1.57. The van der Waals surface area contributed by atoms with Gasteiger partial charge in [0, 0.05) is 10.8 Å². The molecule has 25 heavy (non-hydrogen) atoms. The third-order valence-corrected chi connectivity index (χ3v) is 5.38. The van der Waals surface area contributed by atoms with Crippen molar-refractivity contribution in [2.45, 2.75) is 19.3 Å². The van der Waals surface area contributed by atoms with E-state index >= 15 is 0 Å². The van der Waals surface area contributed by atoms with E-state index in [1.54, 1.807) is 31.4 Å². The standard InChI is InChI=1S/C20H20O4S/c1-3-24-20(22)19-16(18-5-4-10-25-18)11-14(12-17(19)21)13-6-8-15(23-2)9-7-13/h4-10,12,16,19H,3,11H2,1-2H3/t16-,19-/m1/s1. The van der Waals surface area contributed by atoms with Crippen molar-refractivity contribution >= 4 is 28.7 Å². The second kappa shape index (κ2) is 7.66. The molecule has 0 unspecified atom stereocenters. The molecule has 1 aromatic carbocycles. The van der Waals surface area contributed by atoms with Gasteiger partial charge >= 0.3 is 5.97 Å². The second-order valence-corrected chi connectivity index (χ2v) is 6.84. The third kappa shape index (κ3) is 3.66. The van der Waals surface area contributed by atoms with Gasteiger partial charge in [0.1, 0.15) is 11.7 Å². The zero-order chi connectivity index (χ0) is 17.8. The number of benzene rings is 1. The van der Waals surface area contributed by atoms with Gasteiger partial charge in [-0.05, 0) is 54.1 Å². The molecule has 0 bridgehead atoms. The lowest BCUT2D eigenvalue weighted by molar-refractivity contribution is -0.151. The minimum Gasteiger partial charge on any atom is -0.497 e. The Hall–Kier alpha value is -2.40. The molecule has 2 aromatic rings. The van der Waals surface area contributed by atoms with Crippen LogP contribution in [-0.4, -0.2) is 25.5 Å². The Morgan fingerprint density at radius 3 is 2.60 bits per heavy atom. The Labute approximate surface area is 151 Å². The Bertz CT molecular complexity index is 775. The van der Waals surface area contributed by atoms with Crippen molar-refractivity contribution in [1.29, 1.82) is 0 Å². The zero-order valence-electron chi connectivity index (χ0n) is 14.2. The number of rotatable bonds is 5. The van der Waals surface area contributed by atoms with Gasteiger partial charge in [0.15, 0.2) is 5.78 Å². The van der Waals surface area contributed by atoms with Gasteiger partial charge in [-0.3, -0.25) is 9.59 Å². The molecule has 2 atom stereocenters. The van der Waals surface area contributed by atoms with Gasteiger partial charge in [0.2, 0.25) is 0 Å². The molecule has 0 fully saturated rings. The SMILES string of the molecule is CCOC(=O)[C@H]1C(=O)C=C(c2ccc(OC)cc2)C[C@@H]1c1cccs1. The predicted molar refractivity (Wildman–Crippen MR) is 97.8 cm³/mol. The number of thiophene rings is 1. The quantitative estimate of drug-likeness (QED) is 0.598. The van der Waals surface area contributed by atoms with Crippen LogP contribution in [0.5, 0.6) is 5.75 Å². The van der Waals surface area contributed by atoms with Crippen molar-refractivity contribution < 1.29 is 19.1 Å². The van der Waals surface area contributed by atoms with Gasteiger partial charge in [-0.2, -0.15) is 0 Å². The summed E-state index contributed by atoms with van der Waals surface area (Å²) in [5.41, 5.74) is 1.91. The van der Waals surface area contributed by atoms with Gasteiger partial charge < -0.3 is 9.47 Å². The summed E-state index contributed by atoms with van der Waals surface area (Å²) in [5.74, 6) is -0.801. The van der Waals surface area contributed by atoms with Crippen LogP contribution in [-0.2, 0) is 14.3 Å². The number of ether oxygens (including phenoxy) is 2.